The van der Waals surface area contributed by atoms with Gasteiger partial charge < -0.3 is 4.74 Å². The van der Waals surface area contributed by atoms with Crippen molar-refractivity contribution in [3.8, 4) is 22.9 Å². The summed E-state index contributed by atoms with van der Waals surface area (Å²) in [5.41, 5.74) is 6.34. The Morgan fingerprint density at radius 2 is 1.23 bits per heavy atom. The van der Waals surface area contributed by atoms with E-state index in [-0.39, 0.29) is 0 Å². The molecular weight excluding hydrogens is 192 g/mol. The highest BCUT2D eigenvalue weighted by atomic mass is 28.3. The van der Waals surface area contributed by atoms with Gasteiger partial charge in [-0.25, -0.2) is 0 Å². The molecule has 0 bridgehead atoms. The van der Waals surface area contributed by atoms with Gasteiger partial charge in [0.05, 0.1) is 0 Å². The molecule has 0 saturated heterocycles. The first-order valence-corrected chi connectivity index (χ1v) is 10.4. The lowest BCUT2D eigenvalue weighted by Gasteiger charge is -1.91. The first-order valence-electron chi connectivity index (χ1n) is 4.67. The smallest absolute Gasteiger partial charge is 0.116 e. The summed E-state index contributed by atoms with van der Waals surface area (Å²) in [7, 11) is -1.43. The van der Waals surface area contributed by atoms with Crippen LogP contribution in [0.25, 0.3) is 0 Å². The van der Waals surface area contributed by atoms with E-state index in [1.165, 1.54) is 0 Å². The van der Waals surface area contributed by atoms with E-state index in [1.807, 2.05) is 0 Å². The molecule has 0 aliphatic carbocycles. The van der Waals surface area contributed by atoms with Crippen molar-refractivity contribution < 1.29 is 4.74 Å². The number of hydrogen-bond acceptors (Lipinski definition) is 1. The van der Waals surface area contributed by atoms with Crippen LogP contribution < -0.4 is 0 Å². The maximum absolute atomic E-state index is 5.23. The van der Waals surface area contributed by atoms with Gasteiger partial charge in [0.2, 0.25) is 0 Å². The number of rotatable bonds is 2. The van der Waals surface area contributed by atoms with Gasteiger partial charge in [0.15, 0.2) is 0 Å². The molecule has 0 aliphatic rings. The highest BCUT2D eigenvalue weighted by molar-refractivity contribution is 6.65. The monoisotopic (exact) mass is 210 g/mol. The maximum atomic E-state index is 5.23. The standard InChI is InChI=1S/C10H18OSi2/c1-12(2)9-5-7-11-8-6-10-13(3)4/h12-13H,7-8H2,1-4H3. The lowest BCUT2D eigenvalue weighted by molar-refractivity contribution is 0.205. The average molecular weight is 210 g/mol. The molecule has 0 aromatic rings. The molecule has 0 aromatic heterocycles. The highest BCUT2D eigenvalue weighted by Gasteiger charge is 1.85. The van der Waals surface area contributed by atoms with Crippen molar-refractivity contribution in [2.24, 2.45) is 0 Å². The summed E-state index contributed by atoms with van der Waals surface area (Å²) in [6, 6.07) is 0. The second-order valence-corrected chi connectivity index (χ2v) is 8.64. The Balaban J connectivity index is 3.40. The van der Waals surface area contributed by atoms with Gasteiger partial charge in [-0.15, -0.1) is 11.1 Å². The van der Waals surface area contributed by atoms with Gasteiger partial charge >= 0.3 is 0 Å². The fourth-order valence-electron chi connectivity index (χ4n) is 0.645. The molecule has 3 heteroatoms. The third-order valence-electron chi connectivity index (χ3n) is 1.13. The van der Waals surface area contributed by atoms with Crippen molar-refractivity contribution in [2.45, 2.75) is 26.2 Å². The summed E-state index contributed by atoms with van der Waals surface area (Å²) in [4.78, 5) is 0. The van der Waals surface area contributed by atoms with Gasteiger partial charge in [0, 0.05) is 0 Å². The van der Waals surface area contributed by atoms with E-state index < -0.39 is 17.6 Å². The molecule has 0 N–H and O–H groups in total. The molecule has 0 unspecified atom stereocenters. The van der Waals surface area contributed by atoms with Crippen LogP contribution in [0.15, 0.2) is 0 Å². The lowest BCUT2D eigenvalue weighted by atomic mass is 10.7. The van der Waals surface area contributed by atoms with Gasteiger partial charge in [-0.3, -0.25) is 0 Å². The Hall–Kier alpha value is -0.486. The van der Waals surface area contributed by atoms with Crippen LogP contribution in [0.2, 0.25) is 26.2 Å². The molecule has 0 radical (unpaired) electrons. The molecule has 0 aliphatic heterocycles. The van der Waals surface area contributed by atoms with Crippen LogP contribution in [0.3, 0.4) is 0 Å². The minimum atomic E-state index is -0.716. The summed E-state index contributed by atoms with van der Waals surface area (Å²) < 4.78 is 5.23. The molecule has 0 aromatic carbocycles. The van der Waals surface area contributed by atoms with Gasteiger partial charge in [-0.1, -0.05) is 38.0 Å². The van der Waals surface area contributed by atoms with Crippen LogP contribution in [0, 0.1) is 22.9 Å². The Kier molecular flexibility index (Phi) is 7.82. The first kappa shape index (κ1) is 12.5. The summed E-state index contributed by atoms with van der Waals surface area (Å²) in [5, 5.41) is 0. The van der Waals surface area contributed by atoms with Gasteiger partial charge in [0.1, 0.15) is 30.8 Å². The molecule has 0 rings (SSSR count). The molecule has 72 valence electrons. The van der Waals surface area contributed by atoms with E-state index in [4.69, 9.17) is 4.74 Å². The third-order valence-corrected chi connectivity index (χ3v) is 2.69. The fourth-order valence-corrected chi connectivity index (χ4v) is 1.63. The van der Waals surface area contributed by atoms with E-state index in [9.17, 15) is 0 Å². The zero-order valence-corrected chi connectivity index (χ0v) is 11.3. The molecule has 0 saturated carbocycles. The van der Waals surface area contributed by atoms with E-state index in [0.717, 1.165) is 0 Å². The molecule has 0 fully saturated rings. The molecular formula is C10H18OSi2. The zero-order valence-electron chi connectivity index (χ0n) is 8.98. The largest absolute Gasteiger partial charge is 0.356 e. The highest BCUT2D eigenvalue weighted by Crippen LogP contribution is 1.77. The lowest BCUT2D eigenvalue weighted by Crippen LogP contribution is -1.98. The first-order chi connectivity index (χ1) is 6.13. The quantitative estimate of drug-likeness (QED) is 0.376. The minimum Gasteiger partial charge on any atom is -0.356 e. The van der Waals surface area contributed by atoms with Crippen molar-refractivity contribution in [1.82, 2.24) is 0 Å². The van der Waals surface area contributed by atoms with Crippen LogP contribution in [-0.4, -0.2) is 30.8 Å². The van der Waals surface area contributed by atoms with Crippen molar-refractivity contribution >= 4 is 17.6 Å². The van der Waals surface area contributed by atoms with Crippen LogP contribution in [0.5, 0.6) is 0 Å². The van der Waals surface area contributed by atoms with Crippen molar-refractivity contribution in [3.05, 3.63) is 0 Å². The van der Waals surface area contributed by atoms with Gasteiger partial charge in [-0.2, -0.15) is 0 Å². The summed E-state index contributed by atoms with van der Waals surface area (Å²) in [5.74, 6) is 6.01. The predicted octanol–water partition coefficient (Wildman–Crippen LogP) is 1.06. The molecule has 0 atom stereocenters. The van der Waals surface area contributed by atoms with E-state index in [1.54, 1.807) is 0 Å². The predicted molar refractivity (Wildman–Crippen MR) is 64.1 cm³/mol. The van der Waals surface area contributed by atoms with Gasteiger partial charge in [0.25, 0.3) is 0 Å². The van der Waals surface area contributed by atoms with Crippen molar-refractivity contribution in [3.63, 3.8) is 0 Å². The topological polar surface area (TPSA) is 9.23 Å². The Morgan fingerprint density at radius 1 is 0.846 bits per heavy atom. The molecule has 13 heavy (non-hydrogen) atoms. The number of hydrogen-bond donors (Lipinski definition) is 0. The van der Waals surface area contributed by atoms with E-state index in [0.29, 0.717) is 13.2 Å². The summed E-state index contributed by atoms with van der Waals surface area (Å²) >= 11 is 0. The second-order valence-electron chi connectivity index (χ2n) is 3.44. The summed E-state index contributed by atoms with van der Waals surface area (Å²) in [6.07, 6.45) is 0. The van der Waals surface area contributed by atoms with Crippen LogP contribution >= 0.6 is 0 Å². The van der Waals surface area contributed by atoms with Crippen molar-refractivity contribution in [1.29, 1.82) is 0 Å². The average Bonchev–Trinajstić information content (AvgIpc) is 2.01. The zero-order chi connectivity index (χ0) is 10.1. The number of ether oxygens (including phenoxy) is 1. The van der Waals surface area contributed by atoms with Crippen LogP contribution in [-0.2, 0) is 4.74 Å². The SMILES string of the molecule is C[SiH](C)C#CCOCC#C[SiH](C)C. The van der Waals surface area contributed by atoms with Gasteiger partial charge in [-0.05, 0) is 0 Å². The van der Waals surface area contributed by atoms with Crippen molar-refractivity contribution in [2.75, 3.05) is 13.2 Å². The second kappa shape index (κ2) is 8.13. The molecule has 0 spiro atoms. The van der Waals surface area contributed by atoms with Crippen LogP contribution in [0.1, 0.15) is 0 Å². The van der Waals surface area contributed by atoms with Crippen LogP contribution in [0.4, 0.5) is 0 Å². The fraction of sp³-hybridized carbons (Fsp3) is 0.600. The molecule has 0 heterocycles. The Labute approximate surface area is 85.1 Å². The Morgan fingerprint density at radius 3 is 1.54 bits per heavy atom. The Bertz CT molecular complexity index is 211. The van der Waals surface area contributed by atoms with E-state index in [2.05, 4.69) is 49.1 Å². The third kappa shape index (κ3) is 11.5. The normalized spacial score (nSPS) is 9.08. The minimum absolute atomic E-state index is 0.541. The van der Waals surface area contributed by atoms with E-state index >= 15 is 0 Å². The molecule has 0 amide bonds. The molecule has 1 nitrogen and oxygen atoms in total. The summed E-state index contributed by atoms with van der Waals surface area (Å²) in [6.45, 7) is 9.90. The maximum Gasteiger partial charge on any atom is 0.116 e.